The standard InChI is InChI=1S/C35H36O7/c1-36-21-11-8-19(9-12-21)30-32-24(15-22(37-2)17-28(32)41-6)35-31(20-10-13-26(39-4)27(14-20)40-5)33-25(34(30)35)16-23(38-3)18-29(33)42-7/h8-18,30-31,34-35H,1-7H3/t30?,31-,34+,35+/m1/s1. The van der Waals surface area contributed by atoms with Crippen LogP contribution in [0.4, 0.5) is 0 Å². The van der Waals surface area contributed by atoms with Crippen LogP contribution >= 0.6 is 0 Å². The van der Waals surface area contributed by atoms with Crippen molar-refractivity contribution in [3.63, 3.8) is 0 Å². The second kappa shape index (κ2) is 11.0. The van der Waals surface area contributed by atoms with Gasteiger partial charge in [0, 0.05) is 46.9 Å². The SMILES string of the molecule is COc1ccc(C2c3c(OC)cc(OC)cc3[C@H]3[C@H](c4ccc(OC)c(OC)c4)c4c(OC)cc(OC)cc4[C@@H]23)cc1. The van der Waals surface area contributed by atoms with E-state index in [0.717, 1.165) is 45.4 Å². The third kappa shape index (κ3) is 4.18. The quantitative estimate of drug-likeness (QED) is 0.218. The molecule has 0 N–H and O–H groups in total. The molecule has 0 saturated carbocycles. The van der Waals surface area contributed by atoms with Crippen molar-refractivity contribution in [2.24, 2.45) is 0 Å². The van der Waals surface area contributed by atoms with Crippen molar-refractivity contribution >= 4 is 0 Å². The van der Waals surface area contributed by atoms with E-state index >= 15 is 0 Å². The topological polar surface area (TPSA) is 64.6 Å². The molecule has 0 spiro atoms. The monoisotopic (exact) mass is 568 g/mol. The minimum Gasteiger partial charge on any atom is -0.497 e. The minimum absolute atomic E-state index is 0.00234. The maximum atomic E-state index is 6.07. The summed E-state index contributed by atoms with van der Waals surface area (Å²) in [6, 6.07) is 22.8. The van der Waals surface area contributed by atoms with E-state index in [9.17, 15) is 0 Å². The summed E-state index contributed by atoms with van der Waals surface area (Å²) >= 11 is 0. The van der Waals surface area contributed by atoms with Crippen molar-refractivity contribution in [1.29, 1.82) is 0 Å². The van der Waals surface area contributed by atoms with Crippen molar-refractivity contribution in [1.82, 2.24) is 0 Å². The number of fused-ring (bicyclic) bond motifs is 5. The van der Waals surface area contributed by atoms with Gasteiger partial charge >= 0.3 is 0 Å². The van der Waals surface area contributed by atoms with E-state index in [1.165, 1.54) is 16.7 Å². The summed E-state index contributed by atoms with van der Waals surface area (Å²) in [6.07, 6.45) is 0. The van der Waals surface area contributed by atoms with Crippen molar-refractivity contribution in [3.05, 3.63) is 100 Å². The minimum atomic E-state index is -0.0514. The normalized spacial score (nSPS) is 19.8. The van der Waals surface area contributed by atoms with Crippen molar-refractivity contribution in [3.8, 4) is 40.2 Å². The third-order valence-electron chi connectivity index (χ3n) is 8.89. The summed E-state index contributed by atoms with van der Waals surface area (Å²) in [5.74, 6) is 5.35. The van der Waals surface area contributed by atoms with Gasteiger partial charge in [0.25, 0.3) is 0 Å². The van der Waals surface area contributed by atoms with Crippen LogP contribution in [0.15, 0.2) is 66.7 Å². The van der Waals surface area contributed by atoms with Crippen LogP contribution < -0.4 is 33.2 Å². The Labute approximate surface area is 246 Å². The molecule has 42 heavy (non-hydrogen) atoms. The van der Waals surface area contributed by atoms with Crippen molar-refractivity contribution in [2.75, 3.05) is 49.8 Å². The largest absolute Gasteiger partial charge is 0.497 e. The Hall–Kier alpha value is -4.52. The molecule has 7 nitrogen and oxygen atoms in total. The lowest BCUT2D eigenvalue weighted by atomic mass is 9.79. The molecule has 0 aromatic heterocycles. The van der Waals surface area contributed by atoms with Gasteiger partial charge in [0.15, 0.2) is 11.5 Å². The molecule has 0 radical (unpaired) electrons. The predicted octanol–water partition coefficient (Wildman–Crippen LogP) is 6.91. The lowest BCUT2D eigenvalue weighted by Crippen LogP contribution is -2.10. The molecular formula is C35H36O7. The fourth-order valence-electron chi connectivity index (χ4n) is 7.16. The molecule has 2 aliphatic rings. The average Bonchev–Trinajstić information content (AvgIpc) is 3.56. The molecule has 2 aliphatic carbocycles. The molecule has 0 bridgehead atoms. The number of rotatable bonds is 9. The number of ether oxygens (including phenoxy) is 7. The number of benzene rings is 4. The van der Waals surface area contributed by atoms with E-state index in [4.69, 9.17) is 33.2 Å². The summed E-state index contributed by atoms with van der Waals surface area (Å²) in [5.41, 5.74) is 6.97. The van der Waals surface area contributed by atoms with E-state index in [1.54, 1.807) is 49.8 Å². The van der Waals surface area contributed by atoms with Gasteiger partial charge in [-0.15, -0.1) is 0 Å². The summed E-state index contributed by atoms with van der Waals surface area (Å²) in [6.45, 7) is 0. The Morgan fingerprint density at radius 2 is 0.833 bits per heavy atom. The van der Waals surface area contributed by atoms with Gasteiger partial charge in [-0.2, -0.15) is 0 Å². The Morgan fingerprint density at radius 1 is 0.381 bits per heavy atom. The van der Waals surface area contributed by atoms with Crippen LogP contribution in [0.2, 0.25) is 0 Å². The van der Waals surface area contributed by atoms with Gasteiger partial charge in [-0.3, -0.25) is 0 Å². The zero-order valence-electron chi connectivity index (χ0n) is 25.0. The van der Waals surface area contributed by atoms with Crippen LogP contribution in [0, 0.1) is 0 Å². The van der Waals surface area contributed by atoms with E-state index in [-0.39, 0.29) is 23.7 Å². The fourth-order valence-corrected chi connectivity index (χ4v) is 7.16. The second-order valence-corrected chi connectivity index (χ2v) is 10.6. The van der Waals surface area contributed by atoms with Crippen molar-refractivity contribution < 1.29 is 33.2 Å². The molecule has 6 rings (SSSR count). The first-order valence-corrected chi connectivity index (χ1v) is 13.9. The number of hydrogen-bond donors (Lipinski definition) is 0. The Kier molecular flexibility index (Phi) is 7.27. The highest BCUT2D eigenvalue weighted by atomic mass is 16.5. The third-order valence-corrected chi connectivity index (χ3v) is 8.89. The van der Waals surface area contributed by atoms with Gasteiger partial charge in [0.2, 0.25) is 0 Å². The zero-order valence-corrected chi connectivity index (χ0v) is 25.0. The van der Waals surface area contributed by atoms with E-state index < -0.39 is 0 Å². The van der Waals surface area contributed by atoms with Gasteiger partial charge in [0.05, 0.1) is 49.8 Å². The lowest BCUT2D eigenvalue weighted by Gasteiger charge is -2.24. The zero-order chi connectivity index (χ0) is 29.5. The molecule has 0 aliphatic heterocycles. The molecule has 4 aromatic rings. The molecular weight excluding hydrogens is 532 g/mol. The highest BCUT2D eigenvalue weighted by molar-refractivity contribution is 5.69. The number of methoxy groups -OCH3 is 7. The highest BCUT2D eigenvalue weighted by Gasteiger charge is 2.54. The summed E-state index contributed by atoms with van der Waals surface area (Å²) in [4.78, 5) is 0. The van der Waals surface area contributed by atoms with Gasteiger partial charge in [0.1, 0.15) is 28.7 Å². The van der Waals surface area contributed by atoms with E-state index in [1.807, 2.05) is 30.3 Å². The molecule has 4 aromatic carbocycles. The Bertz CT molecular complexity index is 1610. The summed E-state index contributed by atoms with van der Waals surface area (Å²) < 4.78 is 40.5. The van der Waals surface area contributed by atoms with E-state index in [0.29, 0.717) is 11.5 Å². The fraction of sp³-hybridized carbons (Fsp3) is 0.314. The first-order chi connectivity index (χ1) is 20.5. The molecule has 0 heterocycles. The first kappa shape index (κ1) is 27.6. The highest BCUT2D eigenvalue weighted by Crippen LogP contribution is 2.69. The summed E-state index contributed by atoms with van der Waals surface area (Å²) in [7, 11) is 11.8. The molecule has 218 valence electrons. The van der Waals surface area contributed by atoms with Gasteiger partial charge in [-0.05, 0) is 58.7 Å². The predicted molar refractivity (Wildman–Crippen MR) is 161 cm³/mol. The van der Waals surface area contributed by atoms with Crippen LogP contribution in [-0.4, -0.2) is 49.8 Å². The maximum absolute atomic E-state index is 6.07. The van der Waals surface area contributed by atoms with Crippen LogP contribution in [0.5, 0.6) is 40.2 Å². The van der Waals surface area contributed by atoms with E-state index in [2.05, 4.69) is 36.4 Å². The molecule has 7 heteroatoms. The van der Waals surface area contributed by atoms with Crippen LogP contribution in [0.1, 0.15) is 57.1 Å². The Balaban J connectivity index is 1.68. The van der Waals surface area contributed by atoms with Gasteiger partial charge in [-0.25, -0.2) is 0 Å². The molecule has 4 atom stereocenters. The number of hydrogen-bond acceptors (Lipinski definition) is 7. The van der Waals surface area contributed by atoms with Crippen LogP contribution in [-0.2, 0) is 0 Å². The smallest absolute Gasteiger partial charge is 0.161 e. The lowest BCUT2D eigenvalue weighted by molar-refractivity contribution is 0.354. The first-order valence-electron chi connectivity index (χ1n) is 13.9. The van der Waals surface area contributed by atoms with Crippen LogP contribution in [0.25, 0.3) is 0 Å². The Morgan fingerprint density at radius 3 is 1.29 bits per heavy atom. The van der Waals surface area contributed by atoms with Gasteiger partial charge < -0.3 is 33.2 Å². The second-order valence-electron chi connectivity index (χ2n) is 10.6. The summed E-state index contributed by atoms with van der Waals surface area (Å²) in [5, 5.41) is 0. The van der Waals surface area contributed by atoms with Gasteiger partial charge in [-0.1, -0.05) is 18.2 Å². The molecule has 0 fully saturated rings. The molecule has 0 saturated heterocycles. The average molecular weight is 569 g/mol. The maximum Gasteiger partial charge on any atom is 0.161 e. The van der Waals surface area contributed by atoms with Crippen LogP contribution in [0.3, 0.4) is 0 Å². The molecule has 0 amide bonds. The van der Waals surface area contributed by atoms with Crippen molar-refractivity contribution in [2.45, 2.75) is 23.7 Å². The molecule has 1 unspecified atom stereocenters.